The molecular weight excluding hydrogens is 318 g/mol. The Morgan fingerprint density at radius 2 is 2.11 bits per heavy atom. The van der Waals surface area contributed by atoms with Crippen LogP contribution >= 0.6 is 27.5 Å². The van der Waals surface area contributed by atoms with Crippen LogP contribution in [0.25, 0.3) is 0 Å². The van der Waals surface area contributed by atoms with E-state index >= 15 is 0 Å². The van der Waals surface area contributed by atoms with E-state index in [1.807, 2.05) is 6.92 Å². The van der Waals surface area contributed by atoms with Crippen LogP contribution in [0.5, 0.6) is 0 Å². The molecule has 0 atom stereocenters. The number of aryl methyl sites for hydroxylation is 3. The Morgan fingerprint density at radius 3 is 2.67 bits per heavy atom. The smallest absolute Gasteiger partial charge is 0.253 e. The molecule has 0 aliphatic rings. The predicted octanol–water partition coefficient (Wildman–Crippen LogP) is 2.66. The second kappa shape index (κ2) is 4.90. The molecule has 0 aromatic carbocycles. The molecule has 0 saturated heterocycles. The van der Waals surface area contributed by atoms with Gasteiger partial charge >= 0.3 is 0 Å². The Morgan fingerprint density at radius 1 is 1.44 bits per heavy atom. The van der Waals surface area contributed by atoms with E-state index < -0.39 is 0 Å². The van der Waals surface area contributed by atoms with Gasteiger partial charge < -0.3 is 4.57 Å². The standard InChI is InChI=1S/C12H13BrClN3O/c1-7-4-9(13)5-17(12(7)18)6-10-8(2)15-16(3)11(10)14/h4-5H,6H2,1-3H3. The van der Waals surface area contributed by atoms with E-state index in [9.17, 15) is 4.79 Å². The molecule has 0 amide bonds. The summed E-state index contributed by atoms with van der Waals surface area (Å²) in [6.07, 6.45) is 1.76. The third kappa shape index (κ3) is 2.37. The van der Waals surface area contributed by atoms with Gasteiger partial charge in [-0.15, -0.1) is 0 Å². The van der Waals surface area contributed by atoms with Gasteiger partial charge in [-0.2, -0.15) is 5.10 Å². The zero-order valence-corrected chi connectivity index (χ0v) is 12.7. The van der Waals surface area contributed by atoms with E-state index in [0.29, 0.717) is 17.3 Å². The summed E-state index contributed by atoms with van der Waals surface area (Å²) in [5, 5.41) is 4.81. The second-order valence-electron chi connectivity index (χ2n) is 4.25. The topological polar surface area (TPSA) is 39.8 Å². The van der Waals surface area contributed by atoms with Crippen molar-refractivity contribution in [2.45, 2.75) is 20.4 Å². The van der Waals surface area contributed by atoms with Crippen molar-refractivity contribution >= 4 is 27.5 Å². The molecule has 0 aliphatic carbocycles. The summed E-state index contributed by atoms with van der Waals surface area (Å²) in [5.41, 5.74) is 2.39. The number of nitrogens with zero attached hydrogens (tertiary/aromatic N) is 3. The summed E-state index contributed by atoms with van der Waals surface area (Å²) in [5.74, 6) is 0. The molecule has 18 heavy (non-hydrogen) atoms. The van der Waals surface area contributed by atoms with Crippen LogP contribution in [0.4, 0.5) is 0 Å². The van der Waals surface area contributed by atoms with Gasteiger partial charge in [0.1, 0.15) is 5.15 Å². The van der Waals surface area contributed by atoms with E-state index in [2.05, 4.69) is 21.0 Å². The van der Waals surface area contributed by atoms with Crippen LogP contribution in [-0.4, -0.2) is 14.3 Å². The largest absolute Gasteiger partial charge is 0.310 e. The van der Waals surface area contributed by atoms with Gasteiger partial charge in [-0.3, -0.25) is 9.48 Å². The number of hydrogen-bond donors (Lipinski definition) is 0. The first-order valence-electron chi connectivity index (χ1n) is 5.44. The van der Waals surface area contributed by atoms with Crippen molar-refractivity contribution in [2.24, 2.45) is 7.05 Å². The first kappa shape index (κ1) is 13.4. The minimum absolute atomic E-state index is 0.0162. The van der Waals surface area contributed by atoms with Crippen molar-refractivity contribution in [3.63, 3.8) is 0 Å². The fraction of sp³-hybridized carbons (Fsp3) is 0.333. The predicted molar refractivity (Wildman–Crippen MR) is 75.2 cm³/mol. The van der Waals surface area contributed by atoms with Gasteiger partial charge in [0.15, 0.2) is 0 Å². The Bertz CT molecular complexity index is 660. The fourth-order valence-corrected chi connectivity index (χ4v) is 2.71. The highest BCUT2D eigenvalue weighted by Crippen LogP contribution is 2.20. The van der Waals surface area contributed by atoms with Crippen LogP contribution in [0.3, 0.4) is 0 Å². The Labute approximate surface area is 118 Å². The normalized spacial score (nSPS) is 10.9. The molecule has 2 aromatic rings. The molecule has 2 rings (SSSR count). The number of aromatic nitrogens is 3. The molecule has 0 saturated carbocycles. The van der Waals surface area contributed by atoms with Gasteiger partial charge in [-0.1, -0.05) is 11.6 Å². The lowest BCUT2D eigenvalue weighted by atomic mass is 10.2. The third-order valence-corrected chi connectivity index (χ3v) is 3.74. The Kier molecular flexibility index (Phi) is 3.64. The van der Waals surface area contributed by atoms with E-state index in [0.717, 1.165) is 15.7 Å². The van der Waals surface area contributed by atoms with Crippen molar-refractivity contribution in [1.82, 2.24) is 14.3 Å². The lowest BCUT2D eigenvalue weighted by Crippen LogP contribution is -2.22. The zero-order valence-electron chi connectivity index (χ0n) is 10.4. The average molecular weight is 331 g/mol. The van der Waals surface area contributed by atoms with E-state index in [4.69, 9.17) is 11.6 Å². The lowest BCUT2D eigenvalue weighted by Gasteiger charge is -2.07. The molecule has 0 fully saturated rings. The molecule has 0 bridgehead atoms. The van der Waals surface area contributed by atoms with Gasteiger partial charge in [0.05, 0.1) is 12.2 Å². The number of hydrogen-bond acceptors (Lipinski definition) is 2. The van der Waals surface area contributed by atoms with Crippen molar-refractivity contribution < 1.29 is 0 Å². The van der Waals surface area contributed by atoms with Crippen molar-refractivity contribution in [3.8, 4) is 0 Å². The molecular formula is C12H13BrClN3O. The zero-order chi connectivity index (χ0) is 13.4. The van der Waals surface area contributed by atoms with Crippen LogP contribution in [0.15, 0.2) is 21.5 Å². The van der Waals surface area contributed by atoms with E-state index in [1.165, 1.54) is 0 Å². The first-order valence-corrected chi connectivity index (χ1v) is 6.62. The molecule has 0 unspecified atom stereocenters. The number of rotatable bonds is 2. The lowest BCUT2D eigenvalue weighted by molar-refractivity contribution is 0.743. The molecule has 96 valence electrons. The minimum Gasteiger partial charge on any atom is -0.310 e. The van der Waals surface area contributed by atoms with Crippen LogP contribution in [0, 0.1) is 13.8 Å². The highest BCUT2D eigenvalue weighted by molar-refractivity contribution is 9.10. The number of halogens is 2. The molecule has 6 heteroatoms. The highest BCUT2D eigenvalue weighted by Gasteiger charge is 2.13. The second-order valence-corrected chi connectivity index (χ2v) is 5.53. The fourth-order valence-electron chi connectivity index (χ4n) is 1.88. The first-order chi connectivity index (χ1) is 8.40. The molecule has 2 heterocycles. The van der Waals surface area contributed by atoms with Gasteiger partial charge in [0, 0.05) is 28.8 Å². The molecule has 2 aromatic heterocycles. The van der Waals surface area contributed by atoms with Gasteiger partial charge in [0.25, 0.3) is 5.56 Å². The van der Waals surface area contributed by atoms with Crippen molar-refractivity contribution in [1.29, 1.82) is 0 Å². The summed E-state index contributed by atoms with van der Waals surface area (Å²) in [7, 11) is 1.79. The van der Waals surface area contributed by atoms with Crippen LogP contribution in [-0.2, 0) is 13.6 Å². The maximum Gasteiger partial charge on any atom is 0.253 e. The van der Waals surface area contributed by atoms with Crippen LogP contribution in [0.1, 0.15) is 16.8 Å². The van der Waals surface area contributed by atoms with Crippen LogP contribution in [0.2, 0.25) is 5.15 Å². The monoisotopic (exact) mass is 329 g/mol. The third-order valence-electron chi connectivity index (χ3n) is 2.83. The Balaban J connectivity index is 2.49. The van der Waals surface area contributed by atoms with Crippen molar-refractivity contribution in [2.75, 3.05) is 0 Å². The molecule has 4 nitrogen and oxygen atoms in total. The Hall–Kier alpha value is -1.07. The quantitative estimate of drug-likeness (QED) is 0.849. The SMILES string of the molecule is Cc1nn(C)c(Cl)c1Cn1cc(Br)cc(C)c1=O. The summed E-state index contributed by atoms with van der Waals surface area (Å²) in [6.45, 7) is 4.11. The molecule has 0 N–H and O–H groups in total. The van der Waals surface area contributed by atoms with Crippen molar-refractivity contribution in [3.05, 3.63) is 49.1 Å². The molecule has 0 aliphatic heterocycles. The van der Waals surface area contributed by atoms with Gasteiger partial charge in [-0.05, 0) is 35.8 Å². The minimum atomic E-state index is -0.0162. The van der Waals surface area contributed by atoms with E-state index in [-0.39, 0.29) is 5.56 Å². The summed E-state index contributed by atoms with van der Waals surface area (Å²) >= 11 is 9.56. The molecule has 0 radical (unpaired) electrons. The summed E-state index contributed by atoms with van der Waals surface area (Å²) < 4.78 is 4.12. The van der Waals surface area contributed by atoms with E-state index in [1.54, 1.807) is 35.5 Å². The molecule has 0 spiro atoms. The van der Waals surface area contributed by atoms with Gasteiger partial charge in [0.2, 0.25) is 0 Å². The maximum absolute atomic E-state index is 12.0. The maximum atomic E-state index is 12.0. The highest BCUT2D eigenvalue weighted by atomic mass is 79.9. The van der Waals surface area contributed by atoms with Gasteiger partial charge in [-0.25, -0.2) is 0 Å². The number of pyridine rings is 1. The summed E-state index contributed by atoms with van der Waals surface area (Å²) in [6, 6.07) is 1.80. The average Bonchev–Trinajstić information content (AvgIpc) is 2.52. The summed E-state index contributed by atoms with van der Waals surface area (Å²) in [4.78, 5) is 12.0. The van der Waals surface area contributed by atoms with Crippen LogP contribution < -0.4 is 5.56 Å².